The lowest BCUT2D eigenvalue weighted by Crippen LogP contribution is -2.42. The molecule has 1 saturated carbocycles. The maximum atomic E-state index is 11.7. The van der Waals surface area contributed by atoms with Crippen molar-refractivity contribution in [3.63, 3.8) is 0 Å². The van der Waals surface area contributed by atoms with Crippen LogP contribution in [0.1, 0.15) is 46.0 Å². The highest BCUT2D eigenvalue weighted by molar-refractivity contribution is 7.89. The van der Waals surface area contributed by atoms with Gasteiger partial charge in [0.05, 0.1) is 5.75 Å². The number of aliphatic hydroxyl groups excluding tert-OH is 1. The molecule has 17 heavy (non-hydrogen) atoms. The molecule has 0 spiro atoms. The monoisotopic (exact) mass is 263 g/mol. The lowest BCUT2D eigenvalue weighted by atomic mass is 9.75. The van der Waals surface area contributed by atoms with Crippen molar-refractivity contribution >= 4 is 10.0 Å². The number of hydrogen-bond acceptors (Lipinski definition) is 3. The summed E-state index contributed by atoms with van der Waals surface area (Å²) in [4.78, 5) is 0. The quantitative estimate of drug-likeness (QED) is 0.763. The Morgan fingerprint density at radius 3 is 2.29 bits per heavy atom. The molecule has 0 radical (unpaired) electrons. The van der Waals surface area contributed by atoms with Crippen molar-refractivity contribution in [2.75, 3.05) is 18.9 Å². The van der Waals surface area contributed by atoms with Gasteiger partial charge in [0.15, 0.2) is 0 Å². The summed E-state index contributed by atoms with van der Waals surface area (Å²) in [5.74, 6) is 0.290. The minimum atomic E-state index is -3.19. The third-order valence-corrected chi connectivity index (χ3v) is 5.16. The first-order valence-electron chi connectivity index (χ1n) is 6.47. The molecule has 1 aliphatic carbocycles. The Labute approximate surface area is 105 Å². The van der Waals surface area contributed by atoms with E-state index in [0.29, 0.717) is 6.54 Å². The van der Waals surface area contributed by atoms with Gasteiger partial charge in [-0.25, -0.2) is 13.1 Å². The summed E-state index contributed by atoms with van der Waals surface area (Å²) in [6.07, 6.45) is 5.22. The molecule has 1 aliphatic rings. The highest BCUT2D eigenvalue weighted by atomic mass is 32.2. The Balaban J connectivity index is 2.52. The molecular weight excluding hydrogens is 238 g/mol. The van der Waals surface area contributed by atoms with Gasteiger partial charge in [0, 0.05) is 18.6 Å². The second-order valence-corrected chi connectivity index (χ2v) is 7.57. The van der Waals surface area contributed by atoms with Crippen molar-refractivity contribution in [3.05, 3.63) is 0 Å². The Bertz CT molecular complexity index is 319. The van der Waals surface area contributed by atoms with E-state index in [1.807, 2.05) is 13.8 Å². The van der Waals surface area contributed by atoms with Crippen LogP contribution in [0.5, 0.6) is 0 Å². The summed E-state index contributed by atoms with van der Waals surface area (Å²) in [6.45, 7) is 4.25. The Morgan fingerprint density at radius 1 is 1.24 bits per heavy atom. The molecule has 0 bridgehead atoms. The van der Waals surface area contributed by atoms with Crippen LogP contribution in [0.3, 0.4) is 0 Å². The van der Waals surface area contributed by atoms with Gasteiger partial charge in [0.1, 0.15) is 0 Å². The summed E-state index contributed by atoms with van der Waals surface area (Å²) in [5, 5.41) is 9.49. The Morgan fingerprint density at radius 2 is 1.82 bits per heavy atom. The number of rotatable bonds is 6. The molecule has 0 aromatic heterocycles. The molecule has 1 fully saturated rings. The summed E-state index contributed by atoms with van der Waals surface area (Å²) in [7, 11) is -3.19. The topological polar surface area (TPSA) is 66.4 Å². The van der Waals surface area contributed by atoms with Crippen molar-refractivity contribution in [3.8, 4) is 0 Å². The van der Waals surface area contributed by atoms with Gasteiger partial charge in [-0.3, -0.25) is 0 Å². The molecule has 4 nitrogen and oxygen atoms in total. The molecule has 1 rings (SSSR count). The molecule has 0 unspecified atom stereocenters. The van der Waals surface area contributed by atoms with E-state index >= 15 is 0 Å². The van der Waals surface area contributed by atoms with Gasteiger partial charge in [-0.15, -0.1) is 0 Å². The number of aliphatic hydroxyl groups is 1. The fourth-order valence-corrected chi connectivity index (χ4v) is 3.97. The highest BCUT2D eigenvalue weighted by Gasteiger charge is 2.32. The number of hydrogen-bond donors (Lipinski definition) is 2. The lowest BCUT2D eigenvalue weighted by Gasteiger charge is -2.35. The second-order valence-electron chi connectivity index (χ2n) is 5.72. The van der Waals surface area contributed by atoms with Gasteiger partial charge < -0.3 is 5.11 Å². The third-order valence-electron chi connectivity index (χ3n) is 3.47. The smallest absolute Gasteiger partial charge is 0.211 e. The molecule has 0 aliphatic heterocycles. The summed E-state index contributed by atoms with van der Waals surface area (Å²) in [5.41, 5.74) is -0.220. The summed E-state index contributed by atoms with van der Waals surface area (Å²) < 4.78 is 26.2. The molecule has 0 atom stereocenters. The minimum Gasteiger partial charge on any atom is -0.396 e. The zero-order valence-electron chi connectivity index (χ0n) is 10.9. The van der Waals surface area contributed by atoms with Crippen LogP contribution < -0.4 is 4.72 Å². The van der Waals surface area contributed by atoms with E-state index in [9.17, 15) is 13.5 Å². The van der Waals surface area contributed by atoms with E-state index in [1.165, 1.54) is 6.42 Å². The first kappa shape index (κ1) is 14.9. The highest BCUT2D eigenvalue weighted by Crippen LogP contribution is 2.35. The molecule has 0 heterocycles. The van der Waals surface area contributed by atoms with Crippen LogP contribution in [-0.2, 0) is 10.0 Å². The molecule has 0 aromatic rings. The lowest BCUT2D eigenvalue weighted by molar-refractivity contribution is 0.0867. The van der Waals surface area contributed by atoms with Gasteiger partial charge >= 0.3 is 0 Å². The second kappa shape index (κ2) is 6.16. The average molecular weight is 263 g/mol. The standard InChI is InChI=1S/C12H25NO3S/c1-11(2)8-17(15,16)13-9-12(10-14)6-4-3-5-7-12/h11,13-14H,3-10H2,1-2H3. The normalized spacial score (nSPS) is 20.7. The van der Waals surface area contributed by atoms with Crippen LogP contribution >= 0.6 is 0 Å². The van der Waals surface area contributed by atoms with Gasteiger partial charge in [0.25, 0.3) is 0 Å². The van der Waals surface area contributed by atoms with Crippen LogP contribution in [0.2, 0.25) is 0 Å². The molecule has 0 saturated heterocycles. The van der Waals surface area contributed by atoms with Gasteiger partial charge in [-0.1, -0.05) is 33.1 Å². The van der Waals surface area contributed by atoms with E-state index in [0.717, 1.165) is 25.7 Å². The van der Waals surface area contributed by atoms with Crippen LogP contribution in [0.15, 0.2) is 0 Å². The van der Waals surface area contributed by atoms with Gasteiger partial charge in [-0.05, 0) is 18.8 Å². The number of nitrogens with one attached hydrogen (secondary N) is 1. The Hall–Kier alpha value is -0.130. The molecule has 0 aromatic carbocycles. The summed E-state index contributed by atoms with van der Waals surface area (Å²) in [6, 6.07) is 0. The van der Waals surface area contributed by atoms with Crippen LogP contribution in [0.4, 0.5) is 0 Å². The largest absolute Gasteiger partial charge is 0.396 e. The summed E-state index contributed by atoms with van der Waals surface area (Å²) >= 11 is 0. The fourth-order valence-electron chi connectivity index (χ4n) is 2.45. The predicted octanol–water partition coefficient (Wildman–Crippen LogP) is 1.50. The zero-order valence-corrected chi connectivity index (χ0v) is 11.7. The van der Waals surface area contributed by atoms with Gasteiger partial charge in [0.2, 0.25) is 10.0 Å². The van der Waals surface area contributed by atoms with Crippen LogP contribution in [0, 0.1) is 11.3 Å². The first-order valence-corrected chi connectivity index (χ1v) is 8.13. The van der Waals surface area contributed by atoms with Gasteiger partial charge in [-0.2, -0.15) is 0 Å². The van der Waals surface area contributed by atoms with Crippen LogP contribution in [0.25, 0.3) is 0 Å². The zero-order chi connectivity index (χ0) is 12.9. The molecule has 0 amide bonds. The molecule has 5 heteroatoms. The SMILES string of the molecule is CC(C)CS(=O)(=O)NCC1(CO)CCCCC1. The average Bonchev–Trinajstić information content (AvgIpc) is 2.26. The van der Waals surface area contributed by atoms with Crippen molar-refractivity contribution < 1.29 is 13.5 Å². The fraction of sp³-hybridized carbons (Fsp3) is 1.00. The van der Waals surface area contributed by atoms with E-state index in [1.54, 1.807) is 0 Å². The molecule has 102 valence electrons. The van der Waals surface area contributed by atoms with Crippen molar-refractivity contribution in [1.29, 1.82) is 0 Å². The van der Waals surface area contributed by atoms with E-state index < -0.39 is 10.0 Å². The van der Waals surface area contributed by atoms with Crippen molar-refractivity contribution in [2.24, 2.45) is 11.3 Å². The first-order chi connectivity index (χ1) is 7.89. The third kappa shape index (κ3) is 4.94. The molecular formula is C12H25NO3S. The maximum Gasteiger partial charge on any atom is 0.211 e. The number of sulfonamides is 1. The van der Waals surface area contributed by atoms with Crippen molar-refractivity contribution in [2.45, 2.75) is 46.0 Å². The van der Waals surface area contributed by atoms with E-state index in [2.05, 4.69) is 4.72 Å². The van der Waals surface area contributed by atoms with E-state index in [4.69, 9.17) is 0 Å². The molecule has 2 N–H and O–H groups in total. The predicted molar refractivity (Wildman–Crippen MR) is 69.2 cm³/mol. The Kier molecular flexibility index (Phi) is 5.41. The van der Waals surface area contributed by atoms with Crippen LogP contribution in [-0.4, -0.2) is 32.4 Å². The van der Waals surface area contributed by atoms with Crippen molar-refractivity contribution in [1.82, 2.24) is 4.72 Å². The maximum absolute atomic E-state index is 11.7. The van der Waals surface area contributed by atoms with E-state index in [-0.39, 0.29) is 23.7 Å². The minimum absolute atomic E-state index is 0.0806.